The number of ether oxygens (including phenoxy) is 1. The number of alkyl halides is 2. The number of rotatable bonds is 7. The molecule has 0 unspecified atom stereocenters. The molecule has 0 radical (unpaired) electrons. The minimum Gasteiger partial charge on any atom is -0.496 e. The molecule has 0 aromatic heterocycles. The maximum Gasteiger partial charge on any atom is 0.303 e. The van der Waals surface area contributed by atoms with Crippen molar-refractivity contribution in [3.63, 3.8) is 0 Å². The Hall–Kier alpha value is -1.65. The van der Waals surface area contributed by atoms with Crippen LogP contribution in [0.4, 0.5) is 8.78 Å². The summed E-state index contributed by atoms with van der Waals surface area (Å²) < 4.78 is 33.3. The molecule has 0 saturated heterocycles. The zero-order valence-corrected chi connectivity index (χ0v) is 12.0. The van der Waals surface area contributed by atoms with Gasteiger partial charge in [0, 0.05) is 18.4 Å². The Balaban J connectivity index is 2.79. The Morgan fingerprint density at radius 1 is 1.25 bits per heavy atom. The molecule has 0 spiro atoms. The van der Waals surface area contributed by atoms with Crippen molar-refractivity contribution in [2.45, 2.75) is 45.5 Å². The third-order valence-corrected chi connectivity index (χ3v) is 3.22. The highest BCUT2D eigenvalue weighted by Gasteiger charge is 2.31. The van der Waals surface area contributed by atoms with Crippen molar-refractivity contribution in [3.8, 4) is 5.75 Å². The zero-order chi connectivity index (χ0) is 15.3. The first-order valence-corrected chi connectivity index (χ1v) is 6.53. The van der Waals surface area contributed by atoms with E-state index in [0.29, 0.717) is 16.9 Å². The van der Waals surface area contributed by atoms with Gasteiger partial charge in [0.05, 0.1) is 7.11 Å². The van der Waals surface area contributed by atoms with Crippen LogP contribution in [0.2, 0.25) is 0 Å². The second-order valence-electron chi connectivity index (χ2n) is 4.95. The van der Waals surface area contributed by atoms with Gasteiger partial charge in [-0.05, 0) is 49.9 Å². The molecule has 0 atom stereocenters. The van der Waals surface area contributed by atoms with Crippen LogP contribution in [0.5, 0.6) is 5.75 Å². The molecule has 0 aliphatic rings. The van der Waals surface area contributed by atoms with Gasteiger partial charge in [-0.2, -0.15) is 0 Å². The van der Waals surface area contributed by atoms with Crippen LogP contribution < -0.4 is 4.74 Å². The number of aliphatic carboxylic acids is 1. The minimum atomic E-state index is -2.94. The van der Waals surface area contributed by atoms with E-state index < -0.39 is 11.9 Å². The van der Waals surface area contributed by atoms with Gasteiger partial charge in [-0.3, -0.25) is 4.79 Å². The number of benzene rings is 1. The Labute approximate surface area is 117 Å². The molecule has 1 N–H and O–H groups in total. The lowest BCUT2D eigenvalue weighted by Gasteiger charge is -2.19. The first kappa shape index (κ1) is 16.4. The molecule has 0 heterocycles. The van der Waals surface area contributed by atoms with Crippen molar-refractivity contribution < 1.29 is 23.4 Å². The summed E-state index contributed by atoms with van der Waals surface area (Å²) in [4.78, 5) is 10.4. The van der Waals surface area contributed by atoms with Crippen molar-refractivity contribution in [2.75, 3.05) is 7.11 Å². The Morgan fingerprint density at radius 3 is 2.25 bits per heavy atom. The second kappa shape index (κ2) is 6.68. The average molecular weight is 286 g/mol. The van der Waals surface area contributed by atoms with Crippen molar-refractivity contribution in [2.24, 2.45) is 0 Å². The van der Waals surface area contributed by atoms with Crippen LogP contribution in [0.25, 0.3) is 0 Å². The minimum absolute atomic E-state index is 0.0383. The number of halogens is 2. The van der Waals surface area contributed by atoms with E-state index in [0.717, 1.165) is 0 Å². The van der Waals surface area contributed by atoms with Crippen molar-refractivity contribution in [1.82, 2.24) is 0 Å². The molecule has 0 amide bonds. The van der Waals surface area contributed by atoms with E-state index in [2.05, 4.69) is 0 Å². The standard InChI is InChI=1S/C15H20F2O3/c1-10-8-12(9-11(2)14(10)20-3)15(16,17)7-5-4-6-13(18)19/h8-9H,4-7H2,1-3H3,(H,18,19). The SMILES string of the molecule is COc1c(C)cc(C(F)(F)CCCCC(=O)O)cc1C. The zero-order valence-electron chi connectivity index (χ0n) is 12.0. The summed E-state index contributed by atoms with van der Waals surface area (Å²) in [5.41, 5.74) is 1.31. The van der Waals surface area contributed by atoms with Crippen LogP contribution in [0.1, 0.15) is 42.4 Å². The monoisotopic (exact) mass is 286 g/mol. The first-order chi connectivity index (χ1) is 9.27. The summed E-state index contributed by atoms with van der Waals surface area (Å²) in [6.45, 7) is 3.46. The summed E-state index contributed by atoms with van der Waals surface area (Å²) in [5, 5.41) is 8.49. The summed E-state index contributed by atoms with van der Waals surface area (Å²) in [5.74, 6) is -3.28. The topological polar surface area (TPSA) is 46.5 Å². The third kappa shape index (κ3) is 4.18. The molecule has 0 bridgehead atoms. The lowest BCUT2D eigenvalue weighted by molar-refractivity contribution is -0.137. The van der Waals surface area contributed by atoms with Gasteiger partial charge in [0.2, 0.25) is 0 Å². The number of carboxylic acid groups (broad SMARTS) is 1. The van der Waals surface area contributed by atoms with E-state index in [9.17, 15) is 13.6 Å². The Bertz CT molecular complexity index is 461. The fourth-order valence-electron chi connectivity index (χ4n) is 2.25. The predicted molar refractivity (Wildman–Crippen MR) is 72.5 cm³/mol. The van der Waals surface area contributed by atoms with Crippen molar-refractivity contribution in [1.29, 1.82) is 0 Å². The maximum atomic E-state index is 14.1. The summed E-state index contributed by atoms with van der Waals surface area (Å²) in [7, 11) is 1.51. The van der Waals surface area contributed by atoms with Gasteiger partial charge in [-0.25, -0.2) is 8.78 Å². The van der Waals surface area contributed by atoms with Crippen LogP contribution in [0.15, 0.2) is 12.1 Å². The fourth-order valence-corrected chi connectivity index (χ4v) is 2.25. The molecular formula is C15H20F2O3. The van der Waals surface area contributed by atoms with Crippen LogP contribution in [-0.2, 0) is 10.7 Å². The van der Waals surface area contributed by atoms with E-state index in [1.807, 2.05) is 0 Å². The van der Waals surface area contributed by atoms with Gasteiger partial charge in [0.1, 0.15) is 5.75 Å². The summed E-state index contributed by atoms with van der Waals surface area (Å²) in [6, 6.07) is 2.87. The molecule has 1 aromatic carbocycles. The van der Waals surface area contributed by atoms with E-state index in [4.69, 9.17) is 9.84 Å². The molecule has 3 nitrogen and oxygen atoms in total. The second-order valence-corrected chi connectivity index (χ2v) is 4.95. The Kier molecular flexibility index (Phi) is 5.48. The van der Waals surface area contributed by atoms with Crippen molar-refractivity contribution >= 4 is 5.97 Å². The van der Waals surface area contributed by atoms with Crippen LogP contribution in [0, 0.1) is 13.8 Å². The molecule has 112 valence electrons. The van der Waals surface area contributed by atoms with Gasteiger partial charge >= 0.3 is 5.97 Å². The highest BCUT2D eigenvalue weighted by Crippen LogP contribution is 2.37. The van der Waals surface area contributed by atoms with Gasteiger partial charge in [-0.15, -0.1) is 0 Å². The molecular weight excluding hydrogens is 266 g/mol. The van der Waals surface area contributed by atoms with Crippen LogP contribution in [-0.4, -0.2) is 18.2 Å². The maximum absolute atomic E-state index is 14.1. The number of aryl methyl sites for hydroxylation is 2. The fraction of sp³-hybridized carbons (Fsp3) is 0.533. The number of hydrogen-bond acceptors (Lipinski definition) is 2. The highest BCUT2D eigenvalue weighted by molar-refractivity contribution is 5.66. The molecule has 0 aliphatic heterocycles. The normalized spacial score (nSPS) is 11.4. The van der Waals surface area contributed by atoms with E-state index in [1.54, 1.807) is 13.8 Å². The molecule has 0 aliphatic carbocycles. The number of hydrogen-bond donors (Lipinski definition) is 1. The molecule has 5 heteroatoms. The number of carbonyl (C=O) groups is 1. The van der Waals surface area contributed by atoms with Crippen molar-refractivity contribution in [3.05, 3.63) is 28.8 Å². The summed E-state index contributed by atoms with van der Waals surface area (Å²) >= 11 is 0. The molecule has 0 fully saturated rings. The first-order valence-electron chi connectivity index (χ1n) is 6.53. The molecule has 1 aromatic rings. The number of methoxy groups -OCH3 is 1. The molecule has 1 rings (SSSR count). The lowest BCUT2D eigenvalue weighted by Crippen LogP contribution is -2.14. The average Bonchev–Trinajstić information content (AvgIpc) is 2.34. The molecule has 0 saturated carbocycles. The quantitative estimate of drug-likeness (QED) is 0.769. The lowest BCUT2D eigenvalue weighted by atomic mass is 9.97. The summed E-state index contributed by atoms with van der Waals surface area (Å²) in [6.07, 6.45) is 0.0324. The smallest absolute Gasteiger partial charge is 0.303 e. The number of carboxylic acids is 1. The van der Waals surface area contributed by atoms with Gasteiger partial charge in [0.15, 0.2) is 0 Å². The van der Waals surface area contributed by atoms with Gasteiger partial charge < -0.3 is 9.84 Å². The number of unbranched alkanes of at least 4 members (excludes halogenated alkanes) is 1. The van der Waals surface area contributed by atoms with E-state index in [-0.39, 0.29) is 31.2 Å². The highest BCUT2D eigenvalue weighted by atomic mass is 19.3. The van der Waals surface area contributed by atoms with Gasteiger partial charge in [-0.1, -0.05) is 0 Å². The van der Waals surface area contributed by atoms with Crippen LogP contribution in [0.3, 0.4) is 0 Å². The van der Waals surface area contributed by atoms with Crippen LogP contribution >= 0.6 is 0 Å². The third-order valence-electron chi connectivity index (χ3n) is 3.22. The predicted octanol–water partition coefficient (Wildman–Crippen LogP) is 4.05. The molecule has 20 heavy (non-hydrogen) atoms. The Morgan fingerprint density at radius 2 is 1.80 bits per heavy atom. The van der Waals surface area contributed by atoms with Gasteiger partial charge in [0.25, 0.3) is 5.92 Å². The largest absolute Gasteiger partial charge is 0.496 e. The van der Waals surface area contributed by atoms with E-state index >= 15 is 0 Å². The van der Waals surface area contributed by atoms with E-state index in [1.165, 1.54) is 19.2 Å².